The van der Waals surface area contributed by atoms with Crippen LogP contribution in [-0.4, -0.2) is 30.1 Å². The van der Waals surface area contributed by atoms with Gasteiger partial charge in [0.05, 0.1) is 0 Å². The van der Waals surface area contributed by atoms with Gasteiger partial charge in [-0.1, -0.05) is 0 Å². The predicted octanol–water partition coefficient (Wildman–Crippen LogP) is 1.65. The number of likely N-dealkylation sites (N-methyl/N-ethyl adjacent to an activating group) is 1. The zero-order chi connectivity index (χ0) is 11.6. The van der Waals surface area contributed by atoms with Gasteiger partial charge in [-0.2, -0.15) is 0 Å². The van der Waals surface area contributed by atoms with Gasteiger partial charge in [-0.05, 0) is 32.3 Å². The summed E-state index contributed by atoms with van der Waals surface area (Å²) >= 11 is 0. The highest BCUT2D eigenvalue weighted by atomic mass is 19.1. The van der Waals surface area contributed by atoms with Gasteiger partial charge in [0, 0.05) is 5.56 Å². The van der Waals surface area contributed by atoms with Crippen LogP contribution >= 0.6 is 0 Å². The Morgan fingerprint density at radius 1 is 1.40 bits per heavy atom. The molecule has 5 heteroatoms. The van der Waals surface area contributed by atoms with Gasteiger partial charge in [-0.15, -0.1) is 0 Å². The molecule has 0 aromatic heterocycles. The molecule has 0 saturated heterocycles. The second-order valence-electron chi connectivity index (χ2n) is 3.37. The molecular formula is C10H11F2NO2. The van der Waals surface area contributed by atoms with Crippen molar-refractivity contribution in [2.24, 2.45) is 0 Å². The minimum atomic E-state index is -1.22. The minimum absolute atomic E-state index is 0.174. The first-order chi connectivity index (χ1) is 6.93. The van der Waals surface area contributed by atoms with Gasteiger partial charge in [0.2, 0.25) is 0 Å². The summed E-state index contributed by atoms with van der Waals surface area (Å²) in [6.07, 6.45) is 0. The van der Waals surface area contributed by atoms with Crippen molar-refractivity contribution in [3.8, 4) is 0 Å². The van der Waals surface area contributed by atoms with E-state index in [-0.39, 0.29) is 5.56 Å². The third-order valence-electron chi connectivity index (χ3n) is 2.00. The second kappa shape index (κ2) is 4.35. The van der Waals surface area contributed by atoms with Crippen LogP contribution in [0.15, 0.2) is 18.2 Å². The Morgan fingerprint density at radius 3 is 2.47 bits per heavy atom. The topological polar surface area (TPSA) is 40.5 Å². The van der Waals surface area contributed by atoms with Crippen LogP contribution in [-0.2, 0) is 4.79 Å². The first kappa shape index (κ1) is 11.6. The molecule has 0 radical (unpaired) electrons. The molecule has 1 N–H and O–H groups in total. The molecule has 0 aliphatic rings. The van der Waals surface area contributed by atoms with E-state index in [0.717, 1.165) is 18.2 Å². The molecule has 0 unspecified atom stereocenters. The van der Waals surface area contributed by atoms with Crippen molar-refractivity contribution in [1.29, 1.82) is 0 Å². The van der Waals surface area contributed by atoms with Crippen LogP contribution in [0.4, 0.5) is 8.78 Å². The molecule has 0 aliphatic carbocycles. The van der Waals surface area contributed by atoms with Crippen molar-refractivity contribution in [2.75, 3.05) is 14.1 Å². The van der Waals surface area contributed by atoms with Crippen molar-refractivity contribution >= 4 is 5.97 Å². The average molecular weight is 215 g/mol. The van der Waals surface area contributed by atoms with Gasteiger partial charge >= 0.3 is 5.97 Å². The van der Waals surface area contributed by atoms with Crippen LogP contribution in [0.1, 0.15) is 11.6 Å². The maximum atomic E-state index is 13.3. The molecular weight excluding hydrogens is 204 g/mol. The Hall–Kier alpha value is -1.49. The maximum Gasteiger partial charge on any atom is 0.325 e. The number of hydrogen-bond donors (Lipinski definition) is 1. The van der Waals surface area contributed by atoms with Gasteiger partial charge < -0.3 is 5.11 Å². The van der Waals surface area contributed by atoms with Gasteiger partial charge in [0.1, 0.15) is 17.7 Å². The number of benzene rings is 1. The molecule has 0 spiro atoms. The van der Waals surface area contributed by atoms with Crippen LogP contribution in [0.2, 0.25) is 0 Å². The third-order valence-corrected chi connectivity index (χ3v) is 2.00. The normalized spacial score (nSPS) is 12.9. The number of hydrogen-bond acceptors (Lipinski definition) is 2. The molecule has 3 nitrogen and oxygen atoms in total. The number of carboxylic acids is 1. The largest absolute Gasteiger partial charge is 0.480 e. The van der Waals surface area contributed by atoms with Crippen LogP contribution < -0.4 is 0 Å². The summed E-state index contributed by atoms with van der Waals surface area (Å²) in [7, 11) is 2.98. The number of aliphatic carboxylic acids is 1. The molecule has 0 aliphatic heterocycles. The maximum absolute atomic E-state index is 13.3. The van der Waals surface area contributed by atoms with E-state index in [4.69, 9.17) is 5.11 Å². The fraction of sp³-hybridized carbons (Fsp3) is 0.300. The SMILES string of the molecule is CN(C)[C@@H](C(=O)O)c1cc(F)ccc1F. The highest BCUT2D eigenvalue weighted by Crippen LogP contribution is 2.22. The van der Waals surface area contributed by atoms with E-state index in [2.05, 4.69) is 0 Å². The molecule has 0 saturated carbocycles. The lowest BCUT2D eigenvalue weighted by Gasteiger charge is -2.20. The van der Waals surface area contributed by atoms with Crippen LogP contribution in [0.5, 0.6) is 0 Å². The highest BCUT2D eigenvalue weighted by molar-refractivity contribution is 5.75. The fourth-order valence-electron chi connectivity index (χ4n) is 1.36. The number of rotatable bonds is 3. The summed E-state index contributed by atoms with van der Waals surface area (Å²) in [6, 6.07) is 1.59. The Morgan fingerprint density at radius 2 is 2.00 bits per heavy atom. The van der Waals surface area contributed by atoms with Crippen molar-refractivity contribution in [1.82, 2.24) is 4.90 Å². The lowest BCUT2D eigenvalue weighted by Crippen LogP contribution is -2.28. The first-order valence-electron chi connectivity index (χ1n) is 4.27. The average Bonchev–Trinajstić information content (AvgIpc) is 2.10. The molecule has 0 heterocycles. The van der Waals surface area contributed by atoms with Crippen LogP contribution in [0, 0.1) is 11.6 Å². The summed E-state index contributed by atoms with van der Waals surface area (Å²) in [5.41, 5.74) is -0.174. The van der Waals surface area contributed by atoms with E-state index < -0.39 is 23.6 Å². The van der Waals surface area contributed by atoms with Crippen LogP contribution in [0.25, 0.3) is 0 Å². The summed E-state index contributed by atoms with van der Waals surface area (Å²) in [5, 5.41) is 8.88. The molecule has 0 fully saturated rings. The number of carboxylic acid groups (broad SMARTS) is 1. The quantitative estimate of drug-likeness (QED) is 0.833. The van der Waals surface area contributed by atoms with Crippen LogP contribution in [0.3, 0.4) is 0 Å². The van der Waals surface area contributed by atoms with Gasteiger partial charge in [0.25, 0.3) is 0 Å². The molecule has 0 bridgehead atoms. The molecule has 15 heavy (non-hydrogen) atoms. The van der Waals surface area contributed by atoms with Crippen molar-refractivity contribution < 1.29 is 18.7 Å². The Labute approximate surface area is 85.9 Å². The van der Waals surface area contributed by atoms with E-state index in [1.54, 1.807) is 0 Å². The number of nitrogens with zero attached hydrogens (tertiary/aromatic N) is 1. The number of carbonyl (C=O) groups is 1. The predicted molar refractivity (Wildman–Crippen MR) is 50.4 cm³/mol. The Balaban J connectivity index is 3.22. The second-order valence-corrected chi connectivity index (χ2v) is 3.37. The molecule has 1 aromatic rings. The summed E-state index contributed by atoms with van der Waals surface area (Å²) < 4.78 is 26.1. The summed E-state index contributed by atoms with van der Waals surface area (Å²) in [6.45, 7) is 0. The summed E-state index contributed by atoms with van der Waals surface area (Å²) in [5.74, 6) is -2.60. The Kier molecular flexibility index (Phi) is 3.36. The van der Waals surface area contributed by atoms with E-state index in [1.807, 2.05) is 0 Å². The third kappa shape index (κ3) is 2.50. The van der Waals surface area contributed by atoms with Gasteiger partial charge in [-0.25, -0.2) is 8.78 Å². The lowest BCUT2D eigenvalue weighted by atomic mass is 10.1. The van der Waals surface area contributed by atoms with Gasteiger partial charge in [-0.3, -0.25) is 9.69 Å². The monoisotopic (exact) mass is 215 g/mol. The molecule has 82 valence electrons. The van der Waals surface area contributed by atoms with Crippen molar-refractivity contribution in [3.63, 3.8) is 0 Å². The molecule has 1 atom stereocenters. The minimum Gasteiger partial charge on any atom is -0.480 e. The summed E-state index contributed by atoms with van der Waals surface area (Å²) in [4.78, 5) is 12.2. The van der Waals surface area contributed by atoms with E-state index in [0.29, 0.717) is 0 Å². The molecule has 1 aromatic carbocycles. The van der Waals surface area contributed by atoms with Crippen molar-refractivity contribution in [2.45, 2.75) is 6.04 Å². The highest BCUT2D eigenvalue weighted by Gasteiger charge is 2.25. The smallest absolute Gasteiger partial charge is 0.325 e. The molecule has 0 amide bonds. The van der Waals surface area contributed by atoms with E-state index in [1.165, 1.54) is 19.0 Å². The molecule has 1 rings (SSSR count). The standard InChI is InChI=1S/C10H11F2NO2/c1-13(2)9(10(14)15)7-5-6(11)3-4-8(7)12/h3-5,9H,1-2H3,(H,14,15)/t9-/m1/s1. The Bertz CT molecular complexity index is 380. The zero-order valence-corrected chi connectivity index (χ0v) is 8.37. The first-order valence-corrected chi connectivity index (χ1v) is 4.27. The van der Waals surface area contributed by atoms with Crippen molar-refractivity contribution in [3.05, 3.63) is 35.4 Å². The zero-order valence-electron chi connectivity index (χ0n) is 8.37. The lowest BCUT2D eigenvalue weighted by molar-refractivity contribution is -0.142. The number of halogens is 2. The van der Waals surface area contributed by atoms with Gasteiger partial charge in [0.15, 0.2) is 0 Å². The van der Waals surface area contributed by atoms with E-state index in [9.17, 15) is 13.6 Å². The fourth-order valence-corrected chi connectivity index (χ4v) is 1.36. The van der Waals surface area contributed by atoms with E-state index >= 15 is 0 Å².